The Kier molecular flexibility index (Phi) is 7.61. The van der Waals surface area contributed by atoms with Crippen LogP contribution in [0, 0.1) is 11.8 Å². The number of rotatable bonds is 8. The Morgan fingerprint density at radius 1 is 1.13 bits per heavy atom. The average molecular weight is 215 g/mol. The highest BCUT2D eigenvalue weighted by atomic mass is 16.5. The third-order valence-corrected chi connectivity index (χ3v) is 1.95. The summed E-state index contributed by atoms with van der Waals surface area (Å²) < 4.78 is 4.84. The summed E-state index contributed by atoms with van der Waals surface area (Å²) in [6.45, 7) is 11.4. The lowest BCUT2D eigenvalue weighted by Crippen LogP contribution is -2.36. The summed E-state index contributed by atoms with van der Waals surface area (Å²) in [6.07, 6.45) is 0. The zero-order valence-electron chi connectivity index (χ0n) is 10.7. The second-order valence-corrected chi connectivity index (χ2v) is 4.95. The molecule has 0 aromatic carbocycles. The van der Waals surface area contributed by atoms with Crippen LogP contribution in [0.1, 0.15) is 27.7 Å². The summed E-state index contributed by atoms with van der Waals surface area (Å²) >= 11 is 0. The van der Waals surface area contributed by atoms with E-state index in [-0.39, 0.29) is 12.4 Å². The van der Waals surface area contributed by atoms with Crippen LogP contribution in [0.25, 0.3) is 0 Å². The Bertz CT molecular complexity index is 168. The summed E-state index contributed by atoms with van der Waals surface area (Å²) in [4.78, 5) is 13.7. The van der Waals surface area contributed by atoms with Crippen LogP contribution in [-0.4, -0.2) is 44.0 Å². The van der Waals surface area contributed by atoms with Gasteiger partial charge in [0.1, 0.15) is 6.61 Å². The van der Waals surface area contributed by atoms with E-state index in [1.807, 2.05) is 0 Å². The van der Waals surface area contributed by atoms with Gasteiger partial charge in [-0.2, -0.15) is 0 Å². The molecule has 0 atom stereocenters. The van der Waals surface area contributed by atoms with E-state index in [9.17, 15) is 4.79 Å². The van der Waals surface area contributed by atoms with Crippen molar-refractivity contribution in [2.24, 2.45) is 11.8 Å². The maximum Gasteiger partial charge on any atom is 0.172 e. The molecule has 0 bridgehead atoms. The first-order valence-electron chi connectivity index (χ1n) is 5.68. The number of ether oxygens (including phenoxy) is 1. The quantitative estimate of drug-likeness (QED) is 0.618. The Morgan fingerprint density at radius 2 is 1.60 bits per heavy atom. The third-order valence-electron chi connectivity index (χ3n) is 1.95. The zero-order valence-corrected chi connectivity index (χ0v) is 10.7. The SMILES string of the molecule is COCC(=O)CN(CC(C)C)CC(C)C. The van der Waals surface area contributed by atoms with Gasteiger partial charge in [-0.05, 0) is 11.8 Å². The molecule has 0 heterocycles. The van der Waals surface area contributed by atoms with Gasteiger partial charge in [0.05, 0.1) is 6.54 Å². The standard InChI is InChI=1S/C12H25NO2/c1-10(2)6-13(7-11(3)4)8-12(14)9-15-5/h10-11H,6-9H2,1-5H3. The number of methoxy groups -OCH3 is 1. The molecular formula is C12H25NO2. The highest BCUT2D eigenvalue weighted by Gasteiger charge is 2.13. The average Bonchev–Trinajstić information content (AvgIpc) is 2.00. The minimum absolute atomic E-state index is 0.166. The second kappa shape index (κ2) is 7.83. The molecule has 0 aromatic rings. The molecule has 3 nitrogen and oxygen atoms in total. The molecule has 0 rings (SSSR count). The van der Waals surface area contributed by atoms with Gasteiger partial charge in [0.25, 0.3) is 0 Å². The van der Waals surface area contributed by atoms with Crippen molar-refractivity contribution in [3.05, 3.63) is 0 Å². The monoisotopic (exact) mass is 215 g/mol. The molecule has 0 aliphatic carbocycles. The van der Waals surface area contributed by atoms with Crippen LogP contribution in [-0.2, 0) is 9.53 Å². The van der Waals surface area contributed by atoms with Crippen LogP contribution in [0.15, 0.2) is 0 Å². The van der Waals surface area contributed by atoms with Crippen LogP contribution in [0.3, 0.4) is 0 Å². The van der Waals surface area contributed by atoms with Crippen LogP contribution < -0.4 is 0 Å². The van der Waals surface area contributed by atoms with E-state index in [1.54, 1.807) is 7.11 Å². The zero-order chi connectivity index (χ0) is 11.8. The van der Waals surface area contributed by atoms with Gasteiger partial charge in [-0.25, -0.2) is 0 Å². The number of hydrogen-bond donors (Lipinski definition) is 0. The van der Waals surface area contributed by atoms with E-state index in [1.165, 1.54) is 0 Å². The molecule has 3 heteroatoms. The Hall–Kier alpha value is -0.410. The normalized spacial score (nSPS) is 11.7. The van der Waals surface area contributed by atoms with Crippen LogP contribution in [0.2, 0.25) is 0 Å². The first kappa shape index (κ1) is 14.6. The van der Waals surface area contributed by atoms with Gasteiger partial charge in [-0.1, -0.05) is 27.7 Å². The van der Waals surface area contributed by atoms with E-state index in [0.29, 0.717) is 18.4 Å². The number of carbonyl (C=O) groups excluding carboxylic acids is 1. The van der Waals surface area contributed by atoms with Crippen molar-refractivity contribution < 1.29 is 9.53 Å². The summed E-state index contributed by atoms with van der Waals surface area (Å²) in [5, 5.41) is 0. The smallest absolute Gasteiger partial charge is 0.172 e. The molecule has 0 radical (unpaired) electrons. The molecule has 15 heavy (non-hydrogen) atoms. The topological polar surface area (TPSA) is 29.5 Å². The van der Waals surface area contributed by atoms with Crippen molar-refractivity contribution in [2.75, 3.05) is 33.4 Å². The number of hydrogen-bond acceptors (Lipinski definition) is 3. The van der Waals surface area contributed by atoms with Crippen molar-refractivity contribution in [2.45, 2.75) is 27.7 Å². The molecule has 0 fully saturated rings. The molecule has 0 aliphatic rings. The molecule has 0 amide bonds. The highest BCUT2D eigenvalue weighted by molar-refractivity contribution is 5.81. The first-order chi connectivity index (χ1) is 6.95. The Balaban J connectivity index is 4.05. The van der Waals surface area contributed by atoms with Crippen molar-refractivity contribution in [3.63, 3.8) is 0 Å². The van der Waals surface area contributed by atoms with Crippen molar-refractivity contribution >= 4 is 5.78 Å². The number of Topliss-reactive ketones (excluding diaryl/α,β-unsaturated/α-hetero) is 1. The summed E-state index contributed by atoms with van der Waals surface area (Å²) in [7, 11) is 1.56. The van der Waals surface area contributed by atoms with Crippen LogP contribution >= 0.6 is 0 Å². The van der Waals surface area contributed by atoms with Crippen LogP contribution in [0.5, 0.6) is 0 Å². The molecule has 0 aliphatic heterocycles. The first-order valence-corrected chi connectivity index (χ1v) is 5.68. The largest absolute Gasteiger partial charge is 0.377 e. The van der Waals surface area contributed by atoms with Crippen molar-refractivity contribution in [3.8, 4) is 0 Å². The minimum Gasteiger partial charge on any atom is -0.377 e. The summed E-state index contributed by atoms with van der Waals surface area (Å²) in [6, 6.07) is 0. The maximum atomic E-state index is 11.4. The lowest BCUT2D eigenvalue weighted by Gasteiger charge is -2.25. The molecule has 0 N–H and O–H groups in total. The van der Waals surface area contributed by atoms with Crippen LogP contribution in [0.4, 0.5) is 0 Å². The Morgan fingerprint density at radius 3 is 1.93 bits per heavy atom. The van der Waals surface area contributed by atoms with Gasteiger partial charge in [-0.3, -0.25) is 9.69 Å². The Labute approximate surface area is 93.8 Å². The summed E-state index contributed by atoms with van der Waals surface area (Å²) in [5.74, 6) is 1.36. The lowest BCUT2D eigenvalue weighted by molar-refractivity contribution is -0.124. The van der Waals surface area contributed by atoms with Gasteiger partial charge in [0.15, 0.2) is 5.78 Å². The number of carbonyl (C=O) groups is 1. The van der Waals surface area contributed by atoms with Gasteiger partial charge in [-0.15, -0.1) is 0 Å². The fraction of sp³-hybridized carbons (Fsp3) is 0.917. The highest BCUT2D eigenvalue weighted by Crippen LogP contribution is 2.03. The van der Waals surface area contributed by atoms with Crippen molar-refractivity contribution in [1.29, 1.82) is 0 Å². The van der Waals surface area contributed by atoms with Gasteiger partial charge in [0, 0.05) is 20.2 Å². The predicted octanol–water partition coefficient (Wildman–Crippen LogP) is 1.82. The fourth-order valence-corrected chi connectivity index (χ4v) is 1.69. The van der Waals surface area contributed by atoms with E-state index < -0.39 is 0 Å². The van der Waals surface area contributed by atoms with E-state index in [2.05, 4.69) is 32.6 Å². The third kappa shape index (κ3) is 8.58. The maximum absolute atomic E-state index is 11.4. The van der Waals surface area contributed by atoms with E-state index in [4.69, 9.17) is 4.74 Å². The van der Waals surface area contributed by atoms with Crippen molar-refractivity contribution in [1.82, 2.24) is 4.90 Å². The van der Waals surface area contributed by atoms with Gasteiger partial charge in [0.2, 0.25) is 0 Å². The molecule has 0 aromatic heterocycles. The van der Waals surface area contributed by atoms with E-state index >= 15 is 0 Å². The molecule has 0 saturated carbocycles. The number of ketones is 1. The van der Waals surface area contributed by atoms with Gasteiger partial charge >= 0.3 is 0 Å². The lowest BCUT2D eigenvalue weighted by atomic mass is 10.1. The molecular weight excluding hydrogens is 190 g/mol. The summed E-state index contributed by atoms with van der Waals surface area (Å²) in [5.41, 5.74) is 0. The molecule has 0 unspecified atom stereocenters. The number of nitrogens with zero attached hydrogens (tertiary/aromatic N) is 1. The second-order valence-electron chi connectivity index (χ2n) is 4.95. The van der Waals surface area contributed by atoms with E-state index in [0.717, 1.165) is 13.1 Å². The fourth-order valence-electron chi connectivity index (χ4n) is 1.69. The van der Waals surface area contributed by atoms with Gasteiger partial charge < -0.3 is 4.74 Å². The molecule has 0 saturated heterocycles. The molecule has 90 valence electrons. The molecule has 0 spiro atoms. The minimum atomic E-state index is 0.166. The predicted molar refractivity (Wildman–Crippen MR) is 63.0 cm³/mol.